The van der Waals surface area contributed by atoms with Gasteiger partial charge in [0, 0.05) is 15.7 Å². The van der Waals surface area contributed by atoms with Crippen molar-refractivity contribution in [1.82, 2.24) is 0 Å². The molecule has 0 fully saturated rings. The molecule has 1 atom stereocenters. The summed E-state index contributed by atoms with van der Waals surface area (Å²) < 4.78 is 6.71. The molecule has 0 saturated carbocycles. The molecule has 0 aliphatic carbocycles. The van der Waals surface area contributed by atoms with E-state index in [1.165, 1.54) is 0 Å². The fraction of sp³-hybridized carbons (Fsp3) is 0.364. The lowest BCUT2D eigenvalue weighted by Crippen LogP contribution is -2.09. The Morgan fingerprint density at radius 3 is 3.07 bits per heavy atom. The van der Waals surface area contributed by atoms with Crippen molar-refractivity contribution >= 4 is 21.6 Å². The van der Waals surface area contributed by atoms with Gasteiger partial charge in [0.2, 0.25) is 0 Å². The minimum Gasteiger partial charge on any atom is -0.491 e. The predicted octanol–water partition coefficient (Wildman–Crippen LogP) is 3.04. The lowest BCUT2D eigenvalue weighted by molar-refractivity contribution is 0.300. The molecule has 0 bridgehead atoms. The van der Waals surface area contributed by atoms with Crippen molar-refractivity contribution in [3.63, 3.8) is 0 Å². The third-order valence-corrected chi connectivity index (χ3v) is 2.72. The van der Waals surface area contributed by atoms with Gasteiger partial charge in [-0.3, -0.25) is 4.99 Å². The number of aliphatic imine (C=N–C) groups is 1. The van der Waals surface area contributed by atoms with E-state index in [9.17, 15) is 0 Å². The summed E-state index contributed by atoms with van der Waals surface area (Å²) in [6.45, 7) is 4.74. The van der Waals surface area contributed by atoms with Gasteiger partial charge in [-0.15, -0.1) is 0 Å². The first-order valence-corrected chi connectivity index (χ1v) is 5.43. The molecule has 0 unspecified atom stereocenters. The number of hydrogen-bond donors (Lipinski definition) is 0. The molecule has 1 heterocycles. The lowest BCUT2D eigenvalue weighted by Gasteiger charge is -2.07. The lowest BCUT2D eigenvalue weighted by atomic mass is 10.1. The van der Waals surface area contributed by atoms with Crippen LogP contribution in [0.25, 0.3) is 0 Å². The molecule has 0 spiro atoms. The second kappa shape index (κ2) is 3.73. The van der Waals surface area contributed by atoms with Crippen LogP contribution in [0.15, 0.2) is 27.7 Å². The molecule has 2 nitrogen and oxygen atoms in total. The zero-order valence-electron chi connectivity index (χ0n) is 8.25. The first-order valence-electron chi connectivity index (χ1n) is 4.64. The van der Waals surface area contributed by atoms with Crippen LogP contribution >= 0.6 is 15.9 Å². The smallest absolute Gasteiger partial charge is 0.128 e. The minimum atomic E-state index is 0.237. The number of fused-ring (bicyclic) bond motifs is 1. The van der Waals surface area contributed by atoms with Gasteiger partial charge in [-0.05, 0) is 32.0 Å². The van der Waals surface area contributed by atoms with Crippen molar-refractivity contribution < 1.29 is 4.74 Å². The summed E-state index contributed by atoms with van der Waals surface area (Å²) >= 11 is 3.45. The average molecular weight is 254 g/mol. The van der Waals surface area contributed by atoms with Crippen molar-refractivity contribution in [3.05, 3.63) is 28.2 Å². The molecule has 0 amide bonds. The van der Waals surface area contributed by atoms with E-state index in [-0.39, 0.29) is 6.04 Å². The van der Waals surface area contributed by atoms with Gasteiger partial charge in [0.05, 0.1) is 6.04 Å². The van der Waals surface area contributed by atoms with E-state index < -0.39 is 0 Å². The van der Waals surface area contributed by atoms with Crippen molar-refractivity contribution in [3.8, 4) is 5.75 Å². The normalized spacial score (nSPS) is 20.5. The zero-order valence-corrected chi connectivity index (χ0v) is 9.84. The summed E-state index contributed by atoms with van der Waals surface area (Å²) in [7, 11) is 0. The number of hydrogen-bond acceptors (Lipinski definition) is 2. The van der Waals surface area contributed by atoms with Crippen LogP contribution < -0.4 is 4.74 Å². The third kappa shape index (κ3) is 1.82. The van der Waals surface area contributed by atoms with E-state index >= 15 is 0 Å². The topological polar surface area (TPSA) is 21.6 Å². The van der Waals surface area contributed by atoms with Crippen LogP contribution in [0.3, 0.4) is 0 Å². The number of nitrogens with zero attached hydrogens (tertiary/aromatic N) is 1. The quantitative estimate of drug-likeness (QED) is 0.697. The van der Waals surface area contributed by atoms with E-state index in [2.05, 4.69) is 27.8 Å². The van der Waals surface area contributed by atoms with Crippen molar-refractivity contribution in [2.45, 2.75) is 19.9 Å². The first kappa shape index (κ1) is 9.71. The Bertz CT molecular complexity index is 387. The van der Waals surface area contributed by atoms with Gasteiger partial charge in [-0.2, -0.15) is 0 Å². The summed E-state index contributed by atoms with van der Waals surface area (Å²) in [4.78, 5) is 4.53. The van der Waals surface area contributed by atoms with Crippen molar-refractivity contribution in [2.24, 2.45) is 4.99 Å². The number of rotatable bonds is 0. The van der Waals surface area contributed by atoms with Gasteiger partial charge in [-0.25, -0.2) is 0 Å². The fourth-order valence-corrected chi connectivity index (χ4v) is 1.92. The number of benzene rings is 1. The van der Waals surface area contributed by atoms with Crippen LogP contribution in [-0.2, 0) is 0 Å². The molecule has 0 saturated heterocycles. The largest absolute Gasteiger partial charge is 0.491 e. The summed E-state index contributed by atoms with van der Waals surface area (Å²) in [6, 6.07) is 6.26. The Labute approximate surface area is 92.1 Å². The predicted molar refractivity (Wildman–Crippen MR) is 61.3 cm³/mol. The maximum absolute atomic E-state index is 5.65. The summed E-state index contributed by atoms with van der Waals surface area (Å²) in [5, 5.41) is 0. The molecule has 3 heteroatoms. The molecule has 0 radical (unpaired) electrons. The molecule has 0 N–H and O–H groups in total. The van der Waals surface area contributed by atoms with Crippen LogP contribution in [0.1, 0.15) is 19.4 Å². The molecule has 0 aromatic heterocycles. The highest BCUT2D eigenvalue weighted by molar-refractivity contribution is 9.10. The first-order chi connectivity index (χ1) is 6.66. The molecule has 1 aromatic carbocycles. The second-order valence-electron chi connectivity index (χ2n) is 3.52. The van der Waals surface area contributed by atoms with E-state index in [1.54, 1.807) is 0 Å². The van der Waals surface area contributed by atoms with Crippen molar-refractivity contribution in [1.29, 1.82) is 0 Å². The maximum atomic E-state index is 5.65. The summed E-state index contributed by atoms with van der Waals surface area (Å²) in [5.41, 5.74) is 2.13. The maximum Gasteiger partial charge on any atom is 0.128 e. The Morgan fingerprint density at radius 1 is 1.50 bits per heavy atom. The van der Waals surface area contributed by atoms with Crippen LogP contribution in [0.5, 0.6) is 5.75 Å². The monoisotopic (exact) mass is 253 g/mol. The molecule has 1 aliphatic heterocycles. The van der Waals surface area contributed by atoms with Gasteiger partial charge in [0.25, 0.3) is 0 Å². The highest BCUT2D eigenvalue weighted by Gasteiger charge is 2.14. The molecular weight excluding hydrogens is 242 g/mol. The fourth-order valence-electron chi connectivity index (χ4n) is 1.56. The standard InChI is InChI=1S/C11H12BrNO/c1-7-6-14-11-4-3-9(12)5-10(11)8(2)13-7/h3-5,7H,6H2,1-2H3/t7-/m1/s1. The molecule has 74 valence electrons. The minimum absolute atomic E-state index is 0.237. The van der Waals surface area contributed by atoms with E-state index in [0.717, 1.165) is 21.5 Å². The highest BCUT2D eigenvalue weighted by atomic mass is 79.9. The number of halogens is 1. The van der Waals surface area contributed by atoms with Crippen molar-refractivity contribution in [2.75, 3.05) is 6.61 Å². The summed E-state index contributed by atoms with van der Waals surface area (Å²) in [6.07, 6.45) is 0. The Hall–Kier alpha value is -0.830. The summed E-state index contributed by atoms with van der Waals surface area (Å²) in [5.74, 6) is 0.929. The van der Waals surface area contributed by atoms with Gasteiger partial charge < -0.3 is 4.74 Å². The highest BCUT2D eigenvalue weighted by Crippen LogP contribution is 2.26. The Balaban J connectivity index is 2.51. The van der Waals surface area contributed by atoms with Crippen LogP contribution in [0, 0.1) is 0 Å². The average Bonchev–Trinajstić information content (AvgIpc) is 2.27. The van der Waals surface area contributed by atoms with E-state index in [4.69, 9.17) is 4.74 Å². The van der Waals surface area contributed by atoms with Gasteiger partial charge in [-0.1, -0.05) is 15.9 Å². The second-order valence-corrected chi connectivity index (χ2v) is 4.43. The Kier molecular flexibility index (Phi) is 2.59. The molecule has 14 heavy (non-hydrogen) atoms. The molecule has 1 aliphatic rings. The number of ether oxygens (including phenoxy) is 1. The van der Waals surface area contributed by atoms with Gasteiger partial charge in [0.1, 0.15) is 12.4 Å². The molecule has 1 aromatic rings. The Morgan fingerprint density at radius 2 is 2.29 bits per heavy atom. The third-order valence-electron chi connectivity index (χ3n) is 2.23. The van der Waals surface area contributed by atoms with E-state index in [0.29, 0.717) is 6.61 Å². The van der Waals surface area contributed by atoms with Crippen LogP contribution in [0.4, 0.5) is 0 Å². The zero-order chi connectivity index (χ0) is 10.1. The molecule has 2 rings (SSSR count). The molecular formula is C11H12BrNO. The van der Waals surface area contributed by atoms with Gasteiger partial charge >= 0.3 is 0 Å². The SMILES string of the molecule is CC1=N[C@H](C)COc2ccc(Br)cc21. The van der Waals surface area contributed by atoms with Crippen LogP contribution in [0.2, 0.25) is 0 Å². The van der Waals surface area contributed by atoms with Crippen LogP contribution in [-0.4, -0.2) is 18.4 Å². The van der Waals surface area contributed by atoms with E-state index in [1.807, 2.05) is 25.1 Å². The van der Waals surface area contributed by atoms with Gasteiger partial charge in [0.15, 0.2) is 0 Å².